The van der Waals surface area contributed by atoms with Crippen molar-refractivity contribution in [3.05, 3.63) is 42.7 Å². The molecule has 1 fully saturated rings. The van der Waals surface area contributed by atoms with E-state index in [0.29, 0.717) is 4.75 Å². The molecule has 3 rings (SSSR count). The minimum Gasteiger partial charge on any atom is -0.354 e. The van der Waals surface area contributed by atoms with Gasteiger partial charge >= 0.3 is 0 Å². The van der Waals surface area contributed by atoms with Crippen molar-refractivity contribution in [2.24, 2.45) is 0 Å². The quantitative estimate of drug-likeness (QED) is 0.923. The molecule has 0 bridgehead atoms. The fraction of sp³-hybridized carbons (Fsp3) is 0.400. The van der Waals surface area contributed by atoms with Crippen molar-refractivity contribution in [1.82, 2.24) is 9.55 Å². The third kappa shape index (κ3) is 2.78. The minimum absolute atomic E-state index is 0.355. The van der Waals surface area contributed by atoms with Crippen molar-refractivity contribution in [1.29, 1.82) is 0 Å². The first-order valence-corrected chi connectivity index (χ1v) is 7.72. The topological polar surface area (TPSA) is 29.9 Å². The minimum atomic E-state index is 0.355. The zero-order valence-corrected chi connectivity index (χ0v) is 12.0. The molecule has 3 nitrogen and oxygen atoms in total. The lowest BCUT2D eigenvalue weighted by molar-refractivity contribution is 0.632. The number of hydrogen-bond donors (Lipinski definition) is 1. The van der Waals surface area contributed by atoms with Crippen LogP contribution in [-0.2, 0) is 0 Å². The Morgan fingerprint density at radius 1 is 1.37 bits per heavy atom. The van der Waals surface area contributed by atoms with Gasteiger partial charge in [0.25, 0.3) is 0 Å². The van der Waals surface area contributed by atoms with Gasteiger partial charge in [0.05, 0.1) is 0 Å². The smallest absolute Gasteiger partial charge is 0.207 e. The Balaban J connectivity index is 1.74. The summed E-state index contributed by atoms with van der Waals surface area (Å²) in [5.74, 6) is 2.21. The number of aromatic nitrogens is 2. The van der Waals surface area contributed by atoms with Crippen LogP contribution in [0.5, 0.6) is 0 Å². The van der Waals surface area contributed by atoms with E-state index in [1.807, 2.05) is 30.6 Å². The maximum absolute atomic E-state index is 4.43. The lowest BCUT2D eigenvalue weighted by Crippen LogP contribution is -2.28. The fourth-order valence-corrected chi connectivity index (χ4v) is 3.72. The van der Waals surface area contributed by atoms with E-state index in [-0.39, 0.29) is 0 Å². The fourth-order valence-electron chi connectivity index (χ4n) is 2.47. The molecule has 0 spiro atoms. The summed E-state index contributed by atoms with van der Waals surface area (Å²) in [5, 5.41) is 3.51. The molecule has 1 aliphatic rings. The maximum atomic E-state index is 4.43. The highest BCUT2D eigenvalue weighted by Gasteiger charge is 2.29. The van der Waals surface area contributed by atoms with Gasteiger partial charge in [-0.2, -0.15) is 11.8 Å². The summed E-state index contributed by atoms with van der Waals surface area (Å²) in [6.45, 7) is 3.31. The van der Waals surface area contributed by atoms with Crippen LogP contribution in [0.3, 0.4) is 0 Å². The first-order valence-electron chi connectivity index (χ1n) is 6.73. The molecular weight excluding hydrogens is 254 g/mol. The monoisotopic (exact) mass is 273 g/mol. The third-order valence-electron chi connectivity index (χ3n) is 3.60. The van der Waals surface area contributed by atoms with E-state index in [4.69, 9.17) is 0 Å². The van der Waals surface area contributed by atoms with Crippen LogP contribution in [0.4, 0.5) is 5.95 Å². The van der Waals surface area contributed by atoms with E-state index >= 15 is 0 Å². The highest BCUT2D eigenvalue weighted by Crippen LogP contribution is 2.37. The van der Waals surface area contributed by atoms with Gasteiger partial charge in [0.15, 0.2) is 0 Å². The van der Waals surface area contributed by atoms with Crippen LogP contribution in [0.15, 0.2) is 42.7 Å². The summed E-state index contributed by atoms with van der Waals surface area (Å²) < 4.78 is 2.45. The molecule has 4 heteroatoms. The molecule has 0 aliphatic carbocycles. The molecular formula is C15H19N3S. The zero-order valence-electron chi connectivity index (χ0n) is 11.2. The molecule has 100 valence electrons. The second-order valence-electron chi connectivity index (χ2n) is 5.21. The van der Waals surface area contributed by atoms with Crippen LogP contribution >= 0.6 is 11.8 Å². The van der Waals surface area contributed by atoms with Gasteiger partial charge in [-0.25, -0.2) is 4.98 Å². The predicted molar refractivity (Wildman–Crippen MR) is 82.2 cm³/mol. The Kier molecular flexibility index (Phi) is 3.51. The summed E-state index contributed by atoms with van der Waals surface area (Å²) in [5.41, 5.74) is 1.15. The average Bonchev–Trinajstić information content (AvgIpc) is 3.07. The summed E-state index contributed by atoms with van der Waals surface area (Å²) in [6, 6.07) is 10.3. The van der Waals surface area contributed by atoms with Gasteiger partial charge in [-0.15, -0.1) is 0 Å². The Morgan fingerprint density at radius 3 is 2.95 bits per heavy atom. The Hall–Kier alpha value is -1.42. The van der Waals surface area contributed by atoms with E-state index in [0.717, 1.165) is 18.2 Å². The van der Waals surface area contributed by atoms with Gasteiger partial charge in [0.2, 0.25) is 5.95 Å². The number of benzene rings is 1. The van der Waals surface area contributed by atoms with Crippen LogP contribution in [0.2, 0.25) is 0 Å². The molecule has 2 heterocycles. The number of rotatable bonds is 4. The van der Waals surface area contributed by atoms with Gasteiger partial charge in [-0.05, 0) is 37.7 Å². The Labute approximate surface area is 118 Å². The third-order valence-corrected chi connectivity index (χ3v) is 5.13. The van der Waals surface area contributed by atoms with Crippen LogP contribution in [0.25, 0.3) is 5.69 Å². The van der Waals surface area contributed by atoms with E-state index in [9.17, 15) is 0 Å². The molecule has 2 aromatic rings. The van der Waals surface area contributed by atoms with Crippen molar-refractivity contribution < 1.29 is 0 Å². The lowest BCUT2D eigenvalue weighted by Gasteiger charge is -2.23. The molecule has 1 atom stereocenters. The number of imidazole rings is 1. The van der Waals surface area contributed by atoms with Crippen molar-refractivity contribution in [2.75, 3.05) is 17.6 Å². The van der Waals surface area contributed by atoms with E-state index in [1.165, 1.54) is 18.6 Å². The van der Waals surface area contributed by atoms with Gasteiger partial charge < -0.3 is 5.32 Å². The number of nitrogens with one attached hydrogen (secondary N) is 1. The molecule has 1 unspecified atom stereocenters. The van der Waals surface area contributed by atoms with Crippen LogP contribution in [0, 0.1) is 0 Å². The maximum Gasteiger partial charge on any atom is 0.207 e. The van der Waals surface area contributed by atoms with E-state index in [1.54, 1.807) is 0 Å². The van der Waals surface area contributed by atoms with Crippen LogP contribution < -0.4 is 5.32 Å². The molecule has 0 saturated carbocycles. The Morgan fingerprint density at radius 2 is 2.21 bits per heavy atom. The highest BCUT2D eigenvalue weighted by molar-refractivity contribution is 8.00. The van der Waals surface area contributed by atoms with Gasteiger partial charge in [0.1, 0.15) is 0 Å². The van der Waals surface area contributed by atoms with E-state index < -0.39 is 0 Å². The SMILES string of the molecule is CC1(CNc2nccn2-c2ccccc2)CCCS1. The number of nitrogens with zero attached hydrogens (tertiary/aromatic N) is 2. The molecule has 0 amide bonds. The highest BCUT2D eigenvalue weighted by atomic mass is 32.2. The molecule has 1 saturated heterocycles. The first kappa shape index (κ1) is 12.6. The Bertz CT molecular complexity index is 529. The molecule has 0 radical (unpaired) electrons. The van der Waals surface area contributed by atoms with Crippen LogP contribution in [0.1, 0.15) is 19.8 Å². The summed E-state index contributed by atoms with van der Waals surface area (Å²) in [6.07, 6.45) is 6.47. The van der Waals surface area contributed by atoms with Crippen molar-refractivity contribution in [3.63, 3.8) is 0 Å². The largest absolute Gasteiger partial charge is 0.354 e. The summed E-state index contributed by atoms with van der Waals surface area (Å²) in [4.78, 5) is 4.43. The van der Waals surface area contributed by atoms with Gasteiger partial charge in [0, 0.05) is 29.4 Å². The van der Waals surface area contributed by atoms with Crippen molar-refractivity contribution >= 4 is 17.7 Å². The number of hydrogen-bond acceptors (Lipinski definition) is 3. The standard InChI is InChI=1S/C15H19N3S/c1-15(8-5-11-19-15)12-17-14-16-9-10-18(14)13-6-3-2-4-7-13/h2-4,6-7,9-10H,5,8,11-12H2,1H3,(H,16,17). The second-order valence-corrected chi connectivity index (χ2v) is 6.89. The summed E-state index contributed by atoms with van der Waals surface area (Å²) >= 11 is 2.07. The summed E-state index contributed by atoms with van der Waals surface area (Å²) in [7, 11) is 0. The van der Waals surface area contributed by atoms with Gasteiger partial charge in [-0.3, -0.25) is 4.57 Å². The van der Waals surface area contributed by atoms with Crippen molar-refractivity contribution in [3.8, 4) is 5.69 Å². The average molecular weight is 273 g/mol. The number of thioether (sulfide) groups is 1. The normalized spacial score (nSPS) is 22.6. The predicted octanol–water partition coefficient (Wildman–Crippen LogP) is 3.57. The van der Waals surface area contributed by atoms with Gasteiger partial charge in [-0.1, -0.05) is 18.2 Å². The van der Waals surface area contributed by atoms with Crippen molar-refractivity contribution in [2.45, 2.75) is 24.5 Å². The number of anilines is 1. The molecule has 1 aliphatic heterocycles. The lowest BCUT2D eigenvalue weighted by atomic mass is 10.1. The molecule has 19 heavy (non-hydrogen) atoms. The van der Waals surface area contributed by atoms with E-state index in [2.05, 4.69) is 45.7 Å². The zero-order chi connectivity index (χ0) is 13.1. The molecule has 1 aromatic heterocycles. The van der Waals surface area contributed by atoms with Crippen LogP contribution in [-0.4, -0.2) is 26.6 Å². The molecule has 1 N–H and O–H groups in total. The number of para-hydroxylation sites is 1. The molecule has 1 aromatic carbocycles. The second kappa shape index (κ2) is 5.29. The first-order chi connectivity index (χ1) is 9.27.